The molecule has 10 nitrogen and oxygen atoms in total. The van der Waals surface area contributed by atoms with E-state index in [1.165, 1.54) is 13.0 Å². The maximum Gasteiger partial charge on any atom is 0.466 e. The molecule has 0 bridgehead atoms. The SMILES string of the molecule is CCC(CC)OC[C@@H]1CC(C(=O)O)=C[C@H](N)[C@H]1NC(C)=O.O=P(O)(O)O. The molecule has 1 aliphatic carbocycles. The number of phosphoric acid groups is 1. The van der Waals surface area contributed by atoms with E-state index < -0.39 is 19.8 Å². The molecule has 0 saturated carbocycles. The van der Waals surface area contributed by atoms with E-state index in [9.17, 15) is 9.59 Å². The van der Waals surface area contributed by atoms with Gasteiger partial charge in [0.1, 0.15) is 0 Å². The fourth-order valence-electron chi connectivity index (χ4n) is 2.68. The molecule has 3 atom stereocenters. The molecule has 0 unspecified atom stereocenters. The minimum Gasteiger partial charge on any atom is -0.478 e. The van der Waals surface area contributed by atoms with E-state index in [1.54, 1.807) is 0 Å². The van der Waals surface area contributed by atoms with Gasteiger partial charge >= 0.3 is 13.8 Å². The first-order chi connectivity index (χ1) is 11.9. The van der Waals surface area contributed by atoms with Gasteiger partial charge in [-0.25, -0.2) is 9.36 Å². The summed E-state index contributed by atoms with van der Waals surface area (Å²) in [6, 6.07) is -0.802. The predicted molar refractivity (Wildman–Crippen MR) is 94.0 cm³/mol. The summed E-state index contributed by atoms with van der Waals surface area (Å²) in [6.07, 6.45) is 3.84. The lowest BCUT2D eigenvalue weighted by Crippen LogP contribution is -2.54. The summed E-state index contributed by atoms with van der Waals surface area (Å²) >= 11 is 0. The van der Waals surface area contributed by atoms with Crippen molar-refractivity contribution in [3.05, 3.63) is 11.6 Å². The third-order valence-electron chi connectivity index (χ3n) is 3.90. The molecule has 0 fully saturated rings. The molecule has 11 heteroatoms. The second-order valence-corrected chi connectivity index (χ2v) is 7.08. The zero-order valence-corrected chi connectivity index (χ0v) is 16.1. The Labute approximate surface area is 152 Å². The lowest BCUT2D eigenvalue weighted by atomic mass is 9.82. The number of hydrogen-bond acceptors (Lipinski definition) is 5. The van der Waals surface area contributed by atoms with Crippen LogP contribution in [0.25, 0.3) is 0 Å². The maximum atomic E-state index is 11.3. The van der Waals surface area contributed by atoms with Crippen molar-refractivity contribution in [1.29, 1.82) is 0 Å². The van der Waals surface area contributed by atoms with Crippen molar-refractivity contribution in [3.8, 4) is 0 Å². The zero-order valence-electron chi connectivity index (χ0n) is 15.2. The molecule has 0 saturated heterocycles. The van der Waals surface area contributed by atoms with Crippen LogP contribution in [0, 0.1) is 5.92 Å². The standard InChI is InChI=1S/C15H26N2O4.H3O4P/c1-4-12(5-2)21-8-11-6-10(15(19)20)7-13(16)14(11)17-9(3)18;1-5(2,3)4/h7,11-14H,4-6,8,16H2,1-3H3,(H,17,18)(H,19,20);(H3,1,2,3,4)/t11-,13-,14-;/m0./s1. The molecule has 1 amide bonds. The van der Waals surface area contributed by atoms with Crippen LogP contribution in [-0.2, 0) is 18.9 Å². The molecule has 26 heavy (non-hydrogen) atoms. The molecular formula is C15H29N2O8P. The highest BCUT2D eigenvalue weighted by atomic mass is 31.2. The van der Waals surface area contributed by atoms with Crippen molar-refractivity contribution >= 4 is 19.7 Å². The number of amides is 1. The molecule has 0 spiro atoms. The number of rotatable bonds is 7. The van der Waals surface area contributed by atoms with Gasteiger partial charge < -0.3 is 35.6 Å². The average molecular weight is 396 g/mol. The molecule has 0 aromatic heterocycles. The summed E-state index contributed by atoms with van der Waals surface area (Å²) in [4.78, 5) is 44.1. The number of nitrogens with one attached hydrogen (secondary N) is 1. The first kappa shape index (κ1) is 24.7. The van der Waals surface area contributed by atoms with Crippen LogP contribution in [0.1, 0.15) is 40.0 Å². The van der Waals surface area contributed by atoms with Crippen molar-refractivity contribution in [2.75, 3.05) is 6.61 Å². The Bertz CT molecular complexity index is 535. The van der Waals surface area contributed by atoms with Gasteiger partial charge in [-0.05, 0) is 19.3 Å². The molecule has 1 aliphatic rings. The fraction of sp³-hybridized carbons (Fsp3) is 0.733. The van der Waals surface area contributed by atoms with Gasteiger partial charge in [0.15, 0.2) is 0 Å². The first-order valence-corrected chi connectivity index (χ1v) is 9.82. The number of hydrogen-bond donors (Lipinski definition) is 6. The smallest absolute Gasteiger partial charge is 0.466 e. The maximum absolute atomic E-state index is 11.3. The fourth-order valence-corrected chi connectivity index (χ4v) is 2.68. The van der Waals surface area contributed by atoms with Crippen LogP contribution in [0.15, 0.2) is 11.6 Å². The van der Waals surface area contributed by atoms with E-state index in [0.29, 0.717) is 18.6 Å². The third-order valence-corrected chi connectivity index (χ3v) is 3.90. The summed E-state index contributed by atoms with van der Waals surface area (Å²) in [6.45, 7) is 5.93. The van der Waals surface area contributed by atoms with Crippen LogP contribution in [0.5, 0.6) is 0 Å². The van der Waals surface area contributed by atoms with Crippen molar-refractivity contribution in [2.24, 2.45) is 11.7 Å². The highest BCUT2D eigenvalue weighted by Gasteiger charge is 2.34. The highest BCUT2D eigenvalue weighted by molar-refractivity contribution is 7.45. The van der Waals surface area contributed by atoms with Gasteiger partial charge in [0.25, 0.3) is 0 Å². The number of nitrogens with two attached hydrogens (primary N) is 1. The van der Waals surface area contributed by atoms with E-state index in [1.807, 2.05) is 0 Å². The van der Waals surface area contributed by atoms with E-state index in [0.717, 1.165) is 12.8 Å². The summed E-state index contributed by atoms with van der Waals surface area (Å²) < 4.78 is 14.7. The monoisotopic (exact) mass is 396 g/mol. The minimum absolute atomic E-state index is 0.124. The molecule has 0 heterocycles. The molecule has 0 aliphatic heterocycles. The molecule has 152 valence electrons. The van der Waals surface area contributed by atoms with Crippen LogP contribution in [-0.4, -0.2) is 56.5 Å². The Kier molecular flexibility index (Phi) is 10.9. The van der Waals surface area contributed by atoms with E-state index in [-0.39, 0.29) is 24.0 Å². The Hall–Kier alpha value is -1.29. The zero-order chi connectivity index (χ0) is 20.5. The van der Waals surface area contributed by atoms with Gasteiger partial charge in [0.2, 0.25) is 5.91 Å². The number of carbonyl (C=O) groups excluding carboxylic acids is 1. The second kappa shape index (κ2) is 11.4. The van der Waals surface area contributed by atoms with Crippen molar-refractivity contribution in [1.82, 2.24) is 5.32 Å². The minimum atomic E-state index is -4.64. The normalized spacial score (nSPS) is 22.9. The van der Waals surface area contributed by atoms with Crippen LogP contribution < -0.4 is 11.1 Å². The molecule has 0 aromatic carbocycles. The van der Waals surface area contributed by atoms with Gasteiger partial charge in [-0.1, -0.05) is 19.9 Å². The van der Waals surface area contributed by atoms with Gasteiger partial charge in [-0.3, -0.25) is 4.79 Å². The van der Waals surface area contributed by atoms with Crippen molar-refractivity contribution < 1.29 is 38.7 Å². The van der Waals surface area contributed by atoms with E-state index in [2.05, 4.69) is 19.2 Å². The van der Waals surface area contributed by atoms with Gasteiger partial charge in [0, 0.05) is 24.5 Å². The van der Waals surface area contributed by atoms with Crippen LogP contribution >= 0.6 is 7.82 Å². The average Bonchev–Trinajstić information content (AvgIpc) is 2.48. The highest BCUT2D eigenvalue weighted by Crippen LogP contribution is 2.26. The van der Waals surface area contributed by atoms with E-state index >= 15 is 0 Å². The number of carbonyl (C=O) groups is 2. The summed E-state index contributed by atoms with van der Waals surface area (Å²) in [7, 11) is -4.64. The topological polar surface area (TPSA) is 179 Å². The predicted octanol–water partition coefficient (Wildman–Crippen LogP) is 0.126. The lowest BCUT2D eigenvalue weighted by molar-refractivity contribution is -0.133. The largest absolute Gasteiger partial charge is 0.478 e. The molecule has 1 rings (SSSR count). The summed E-state index contributed by atoms with van der Waals surface area (Å²) in [5, 5.41) is 12.0. The number of carboxylic acids is 1. The van der Waals surface area contributed by atoms with Gasteiger partial charge in [-0.2, -0.15) is 0 Å². The van der Waals surface area contributed by atoms with Gasteiger partial charge in [-0.15, -0.1) is 0 Å². The van der Waals surface area contributed by atoms with Crippen molar-refractivity contribution in [3.63, 3.8) is 0 Å². The quantitative estimate of drug-likeness (QED) is 0.326. The summed E-state index contributed by atoms with van der Waals surface area (Å²) in [5.74, 6) is -1.25. The number of aliphatic carboxylic acids is 1. The Morgan fingerprint density at radius 2 is 1.85 bits per heavy atom. The molecule has 0 aromatic rings. The molecular weight excluding hydrogens is 367 g/mol. The Balaban J connectivity index is 0.00000110. The molecule has 7 N–H and O–H groups in total. The Morgan fingerprint density at radius 1 is 1.35 bits per heavy atom. The second-order valence-electron chi connectivity index (χ2n) is 6.05. The van der Waals surface area contributed by atoms with Crippen LogP contribution in [0.3, 0.4) is 0 Å². The Morgan fingerprint density at radius 3 is 2.23 bits per heavy atom. The number of ether oxygens (including phenoxy) is 1. The van der Waals surface area contributed by atoms with Gasteiger partial charge in [0.05, 0.1) is 18.8 Å². The third kappa shape index (κ3) is 10.6. The number of carboxylic acid groups (broad SMARTS) is 1. The van der Waals surface area contributed by atoms with Crippen LogP contribution in [0.4, 0.5) is 0 Å². The van der Waals surface area contributed by atoms with E-state index in [4.69, 9.17) is 34.8 Å². The molecule has 0 radical (unpaired) electrons. The van der Waals surface area contributed by atoms with Crippen LogP contribution in [0.2, 0.25) is 0 Å². The first-order valence-electron chi connectivity index (χ1n) is 8.25. The van der Waals surface area contributed by atoms with Crippen molar-refractivity contribution in [2.45, 2.75) is 58.2 Å². The lowest BCUT2D eigenvalue weighted by Gasteiger charge is -2.35. The summed E-state index contributed by atoms with van der Waals surface area (Å²) in [5.41, 5.74) is 6.30.